The average molecular weight is 527 g/mol. The van der Waals surface area contributed by atoms with Crippen LogP contribution in [0.25, 0.3) is 0 Å². The molecule has 2 aliphatic heterocycles. The summed E-state index contributed by atoms with van der Waals surface area (Å²) in [6, 6.07) is 8.26. The molecule has 1 atom stereocenters. The number of ether oxygens (including phenoxy) is 1. The SMILES string of the molecule is CC.CCNC(=O)c1ccc2c(n1)N(C(=O)Nc1cccc(OCCCO)n1)C1CCN2C1.FC(F)F. The van der Waals surface area contributed by atoms with Gasteiger partial charge in [-0.1, -0.05) is 19.9 Å². The summed E-state index contributed by atoms with van der Waals surface area (Å²) in [7, 11) is 0. The molecule has 0 spiro atoms. The number of hydrogen-bond acceptors (Lipinski definition) is 7. The number of alkyl halides is 3. The van der Waals surface area contributed by atoms with Crippen molar-refractivity contribution in [2.45, 2.75) is 46.3 Å². The number of halogens is 3. The zero-order valence-corrected chi connectivity index (χ0v) is 21.1. The van der Waals surface area contributed by atoms with Gasteiger partial charge in [-0.2, -0.15) is 18.2 Å². The maximum atomic E-state index is 13.2. The minimum Gasteiger partial charge on any atom is -0.478 e. The molecular formula is C24H33F3N6O4. The Kier molecular flexibility index (Phi) is 11.9. The van der Waals surface area contributed by atoms with Gasteiger partial charge in [-0.05, 0) is 31.5 Å². The Labute approximate surface area is 213 Å². The molecule has 4 rings (SSSR count). The first-order valence-corrected chi connectivity index (χ1v) is 12.1. The number of carbonyl (C=O) groups excluding carboxylic acids is 2. The number of aromatic nitrogens is 2. The summed E-state index contributed by atoms with van der Waals surface area (Å²) < 4.78 is 34.5. The topological polar surface area (TPSA) is 120 Å². The molecule has 2 bridgehead atoms. The molecule has 2 aromatic rings. The number of nitrogens with zero attached hydrogens (tertiary/aromatic N) is 4. The molecule has 0 aliphatic carbocycles. The van der Waals surface area contributed by atoms with Crippen LogP contribution in [0, 0.1) is 0 Å². The van der Waals surface area contributed by atoms with Crippen LogP contribution in [-0.2, 0) is 0 Å². The van der Waals surface area contributed by atoms with Gasteiger partial charge in [-0.25, -0.2) is 9.78 Å². The summed E-state index contributed by atoms with van der Waals surface area (Å²) in [5.41, 5.74) is 1.12. The molecule has 3 N–H and O–H groups in total. The first-order chi connectivity index (χ1) is 17.8. The van der Waals surface area contributed by atoms with E-state index in [4.69, 9.17) is 9.84 Å². The van der Waals surface area contributed by atoms with Gasteiger partial charge in [0.1, 0.15) is 11.5 Å². The van der Waals surface area contributed by atoms with Crippen molar-refractivity contribution in [3.63, 3.8) is 0 Å². The first-order valence-electron chi connectivity index (χ1n) is 12.1. The number of aliphatic hydroxyl groups is 1. The van der Waals surface area contributed by atoms with E-state index in [1.165, 1.54) is 0 Å². The highest BCUT2D eigenvalue weighted by molar-refractivity contribution is 6.05. The van der Waals surface area contributed by atoms with Crippen molar-refractivity contribution < 1.29 is 32.6 Å². The molecule has 13 heteroatoms. The number of pyridine rings is 2. The molecule has 0 aromatic carbocycles. The van der Waals surface area contributed by atoms with E-state index in [9.17, 15) is 22.8 Å². The van der Waals surface area contributed by atoms with Gasteiger partial charge in [0.25, 0.3) is 5.91 Å². The number of hydrogen-bond donors (Lipinski definition) is 3. The molecule has 204 valence electrons. The molecule has 3 amide bonds. The van der Waals surface area contributed by atoms with Crippen molar-refractivity contribution in [2.24, 2.45) is 0 Å². The van der Waals surface area contributed by atoms with Crippen molar-refractivity contribution in [1.82, 2.24) is 15.3 Å². The summed E-state index contributed by atoms with van der Waals surface area (Å²) >= 11 is 0. The predicted molar refractivity (Wildman–Crippen MR) is 134 cm³/mol. The van der Waals surface area contributed by atoms with E-state index in [-0.39, 0.29) is 30.3 Å². The Morgan fingerprint density at radius 3 is 2.59 bits per heavy atom. The Morgan fingerprint density at radius 1 is 1.19 bits per heavy atom. The van der Waals surface area contributed by atoms with E-state index < -0.39 is 6.68 Å². The molecule has 2 aliphatic rings. The van der Waals surface area contributed by atoms with Gasteiger partial charge >= 0.3 is 12.7 Å². The molecule has 10 nitrogen and oxygen atoms in total. The highest BCUT2D eigenvalue weighted by Crippen LogP contribution is 2.39. The zero-order valence-electron chi connectivity index (χ0n) is 21.1. The number of carbonyl (C=O) groups is 2. The van der Waals surface area contributed by atoms with Gasteiger partial charge in [0.2, 0.25) is 5.88 Å². The van der Waals surface area contributed by atoms with E-state index in [0.717, 1.165) is 25.2 Å². The van der Waals surface area contributed by atoms with Crippen LogP contribution in [-0.4, -0.2) is 72.6 Å². The second kappa shape index (κ2) is 14.8. The van der Waals surface area contributed by atoms with Crippen LogP contribution in [0.2, 0.25) is 0 Å². The number of aliphatic hydroxyl groups excluding tert-OH is 1. The van der Waals surface area contributed by atoms with Crippen molar-refractivity contribution in [3.05, 3.63) is 36.0 Å². The second-order valence-electron chi connectivity index (χ2n) is 7.62. The zero-order chi connectivity index (χ0) is 27.4. The van der Waals surface area contributed by atoms with Crippen molar-refractivity contribution >= 4 is 29.3 Å². The number of amides is 3. The lowest BCUT2D eigenvalue weighted by molar-refractivity contribution is 0.00818. The van der Waals surface area contributed by atoms with Crippen LogP contribution in [0.4, 0.5) is 35.3 Å². The Morgan fingerprint density at radius 2 is 1.92 bits per heavy atom. The minimum atomic E-state index is -3.67. The van der Waals surface area contributed by atoms with Crippen LogP contribution in [0.15, 0.2) is 30.3 Å². The second-order valence-corrected chi connectivity index (χ2v) is 7.62. The summed E-state index contributed by atoms with van der Waals surface area (Å²) in [6.45, 7) is 4.60. The summed E-state index contributed by atoms with van der Waals surface area (Å²) in [4.78, 5) is 38.2. The quantitative estimate of drug-likeness (QED) is 0.469. The number of rotatable bonds is 7. The van der Waals surface area contributed by atoms with Crippen LogP contribution in [0.5, 0.6) is 5.88 Å². The maximum absolute atomic E-state index is 13.2. The van der Waals surface area contributed by atoms with Gasteiger partial charge in [-0.3, -0.25) is 15.0 Å². The van der Waals surface area contributed by atoms with E-state index >= 15 is 0 Å². The van der Waals surface area contributed by atoms with E-state index in [1.807, 2.05) is 26.8 Å². The van der Waals surface area contributed by atoms with Gasteiger partial charge in [0.05, 0.1) is 18.3 Å². The monoisotopic (exact) mass is 526 g/mol. The van der Waals surface area contributed by atoms with Crippen LogP contribution in [0.1, 0.15) is 44.1 Å². The lowest BCUT2D eigenvalue weighted by atomic mass is 10.1. The third-order valence-corrected chi connectivity index (χ3v) is 5.25. The fourth-order valence-corrected chi connectivity index (χ4v) is 3.82. The van der Waals surface area contributed by atoms with Gasteiger partial charge in [0.15, 0.2) is 5.82 Å². The average Bonchev–Trinajstić information content (AvgIpc) is 3.29. The Bertz CT molecular complexity index is 1030. The molecular weight excluding hydrogens is 493 g/mol. The van der Waals surface area contributed by atoms with Gasteiger partial charge in [-0.15, -0.1) is 0 Å². The molecule has 0 saturated carbocycles. The van der Waals surface area contributed by atoms with E-state index in [2.05, 4.69) is 25.5 Å². The normalized spacial score (nSPS) is 15.1. The molecule has 0 radical (unpaired) electrons. The number of urea groups is 1. The molecule has 1 fully saturated rings. The molecule has 37 heavy (non-hydrogen) atoms. The summed E-state index contributed by atoms with van der Waals surface area (Å²) in [6.07, 6.45) is 1.32. The fourth-order valence-electron chi connectivity index (χ4n) is 3.82. The summed E-state index contributed by atoms with van der Waals surface area (Å²) in [5.74, 6) is 0.931. The smallest absolute Gasteiger partial charge is 0.379 e. The van der Waals surface area contributed by atoms with Crippen LogP contribution in [0.3, 0.4) is 0 Å². The molecule has 2 aromatic heterocycles. The molecule has 4 heterocycles. The fraction of sp³-hybridized carbons (Fsp3) is 0.500. The predicted octanol–water partition coefficient (Wildman–Crippen LogP) is 3.82. The standard InChI is InChI=1S/C21H26N6O4.C2H6.CHF3/c1-2-22-20(29)15-7-8-16-19(23-15)27(14-9-10-26(16)13-14)21(30)25-17-5-3-6-18(24-17)31-12-4-11-28;1-2;2-1(3)4/h3,5-8,14,28H,2,4,9-13H2,1H3,(H,22,29)(H,24,25,30);1-2H3;1H. The number of nitrogens with one attached hydrogen (secondary N) is 2. The highest BCUT2D eigenvalue weighted by Gasteiger charge is 2.40. The Balaban J connectivity index is 0.000000733. The number of fused-ring (bicyclic) bond motifs is 4. The molecule has 1 saturated heterocycles. The third kappa shape index (κ3) is 8.20. The van der Waals surface area contributed by atoms with Crippen LogP contribution < -0.4 is 25.2 Å². The Hall–Kier alpha value is -3.61. The van der Waals surface area contributed by atoms with Crippen molar-refractivity contribution in [1.29, 1.82) is 0 Å². The van der Waals surface area contributed by atoms with Gasteiger partial charge < -0.3 is 20.1 Å². The maximum Gasteiger partial charge on any atom is 0.379 e. The number of anilines is 3. The van der Waals surface area contributed by atoms with E-state index in [0.29, 0.717) is 37.1 Å². The van der Waals surface area contributed by atoms with E-state index in [1.54, 1.807) is 29.2 Å². The van der Waals surface area contributed by atoms with Crippen molar-refractivity contribution in [2.75, 3.05) is 48.0 Å². The summed E-state index contributed by atoms with van der Waals surface area (Å²) in [5, 5.41) is 14.5. The minimum absolute atomic E-state index is 0.0338. The lowest BCUT2D eigenvalue weighted by Gasteiger charge is -2.35. The first kappa shape index (κ1) is 29.6. The van der Waals surface area contributed by atoms with Crippen molar-refractivity contribution in [3.8, 4) is 5.88 Å². The molecule has 1 unspecified atom stereocenters. The largest absolute Gasteiger partial charge is 0.478 e. The lowest BCUT2D eigenvalue weighted by Crippen LogP contribution is -2.48. The third-order valence-electron chi connectivity index (χ3n) is 5.25. The van der Waals surface area contributed by atoms with Gasteiger partial charge in [0, 0.05) is 38.7 Å². The highest BCUT2D eigenvalue weighted by atomic mass is 19.4. The van der Waals surface area contributed by atoms with Crippen LogP contribution >= 0.6 is 0 Å².